The molecule has 1 N–H and O–H groups in total. The summed E-state index contributed by atoms with van der Waals surface area (Å²) in [5, 5.41) is 3.47. The fourth-order valence-electron chi connectivity index (χ4n) is 2.04. The molecule has 0 aliphatic rings. The van der Waals surface area contributed by atoms with Crippen LogP contribution in [0, 0.1) is 13.8 Å². The van der Waals surface area contributed by atoms with E-state index in [1.165, 1.54) is 10.6 Å². The molecule has 0 unspecified atom stereocenters. The highest BCUT2D eigenvalue weighted by molar-refractivity contribution is 7.17. The van der Waals surface area contributed by atoms with Gasteiger partial charge in [-0.25, -0.2) is 4.98 Å². The molecule has 0 radical (unpaired) electrons. The molecule has 2 aromatic heterocycles. The third-order valence-corrected chi connectivity index (χ3v) is 3.88. The molecule has 4 nitrogen and oxygen atoms in total. The van der Waals surface area contributed by atoms with Crippen LogP contribution in [0.1, 0.15) is 36.5 Å². The first-order valence-corrected chi connectivity index (χ1v) is 7.66. The van der Waals surface area contributed by atoms with Crippen molar-refractivity contribution in [3.63, 3.8) is 0 Å². The first kappa shape index (κ1) is 14.5. The number of hydrogen-bond acceptors (Lipinski definition) is 4. The second-order valence-corrected chi connectivity index (χ2v) is 6.30. The van der Waals surface area contributed by atoms with Crippen molar-refractivity contribution in [2.45, 2.75) is 46.8 Å². The van der Waals surface area contributed by atoms with E-state index in [0.717, 1.165) is 36.8 Å². The molecule has 106 valence electrons. The lowest BCUT2D eigenvalue weighted by Crippen LogP contribution is -2.18. The number of aryl methyl sites for hydroxylation is 2. The van der Waals surface area contributed by atoms with Gasteiger partial charge in [0.05, 0.1) is 17.5 Å². The van der Waals surface area contributed by atoms with Crippen LogP contribution in [0.25, 0.3) is 4.96 Å². The SMILES string of the molecule is Cc1cn2c(CNCCCOC(C)C)c(C)nc2s1. The fraction of sp³-hybridized carbons (Fsp3) is 0.643. The zero-order valence-corrected chi connectivity index (χ0v) is 13.0. The summed E-state index contributed by atoms with van der Waals surface area (Å²) in [6, 6.07) is 0. The van der Waals surface area contributed by atoms with Crippen molar-refractivity contribution in [3.05, 3.63) is 22.5 Å². The van der Waals surface area contributed by atoms with Gasteiger partial charge < -0.3 is 10.1 Å². The van der Waals surface area contributed by atoms with E-state index in [4.69, 9.17) is 4.74 Å². The zero-order chi connectivity index (χ0) is 13.8. The molecule has 0 spiro atoms. The highest BCUT2D eigenvalue weighted by Gasteiger charge is 2.10. The minimum Gasteiger partial charge on any atom is -0.379 e. The maximum absolute atomic E-state index is 5.52. The first-order valence-electron chi connectivity index (χ1n) is 6.84. The number of fused-ring (bicyclic) bond motifs is 1. The topological polar surface area (TPSA) is 38.6 Å². The van der Waals surface area contributed by atoms with Crippen molar-refractivity contribution in [1.29, 1.82) is 0 Å². The van der Waals surface area contributed by atoms with E-state index < -0.39 is 0 Å². The summed E-state index contributed by atoms with van der Waals surface area (Å²) in [7, 11) is 0. The molecule has 0 aliphatic carbocycles. The average Bonchev–Trinajstić information content (AvgIpc) is 2.80. The van der Waals surface area contributed by atoms with Crippen molar-refractivity contribution in [2.75, 3.05) is 13.2 Å². The molecule has 0 aromatic carbocycles. The number of hydrogen-bond donors (Lipinski definition) is 1. The summed E-state index contributed by atoms with van der Waals surface area (Å²) >= 11 is 1.74. The molecule has 0 atom stereocenters. The summed E-state index contributed by atoms with van der Waals surface area (Å²) in [6.07, 6.45) is 3.53. The smallest absolute Gasteiger partial charge is 0.194 e. The van der Waals surface area contributed by atoms with Gasteiger partial charge in [-0.1, -0.05) is 0 Å². The summed E-state index contributed by atoms with van der Waals surface area (Å²) in [5.74, 6) is 0. The molecule has 2 rings (SSSR count). The van der Waals surface area contributed by atoms with Crippen LogP contribution in [0.4, 0.5) is 0 Å². The zero-order valence-electron chi connectivity index (χ0n) is 12.2. The second kappa shape index (κ2) is 6.50. The molecular formula is C14H23N3OS. The molecule has 2 aromatic rings. The molecule has 0 aliphatic heterocycles. The highest BCUT2D eigenvalue weighted by atomic mass is 32.1. The predicted octanol–water partition coefficient (Wildman–Crippen LogP) is 2.92. The molecule has 0 saturated heterocycles. The van der Waals surface area contributed by atoms with E-state index in [0.29, 0.717) is 6.10 Å². The summed E-state index contributed by atoms with van der Waals surface area (Å²) in [6.45, 7) is 11.0. The monoisotopic (exact) mass is 281 g/mol. The third kappa shape index (κ3) is 3.78. The van der Waals surface area contributed by atoms with Crippen LogP contribution in [-0.4, -0.2) is 28.6 Å². The third-order valence-electron chi connectivity index (χ3n) is 2.98. The number of rotatable bonds is 7. The predicted molar refractivity (Wildman–Crippen MR) is 80.0 cm³/mol. The van der Waals surface area contributed by atoms with Gasteiger partial charge in [-0.2, -0.15) is 0 Å². The van der Waals surface area contributed by atoms with Crippen molar-refractivity contribution in [2.24, 2.45) is 0 Å². The van der Waals surface area contributed by atoms with E-state index in [-0.39, 0.29) is 0 Å². The van der Waals surface area contributed by atoms with Gasteiger partial charge in [0.2, 0.25) is 0 Å². The lowest BCUT2D eigenvalue weighted by atomic mass is 10.3. The molecule has 0 saturated carbocycles. The summed E-state index contributed by atoms with van der Waals surface area (Å²) in [5.41, 5.74) is 2.39. The van der Waals surface area contributed by atoms with Gasteiger partial charge in [0.25, 0.3) is 0 Å². The molecule has 19 heavy (non-hydrogen) atoms. The van der Waals surface area contributed by atoms with Gasteiger partial charge in [0, 0.05) is 24.2 Å². The van der Waals surface area contributed by atoms with E-state index in [1.54, 1.807) is 11.3 Å². The Labute approximate surface area is 118 Å². The maximum atomic E-state index is 5.52. The number of ether oxygens (including phenoxy) is 1. The molecule has 5 heteroatoms. The standard InChI is InChI=1S/C14H23N3OS/c1-10(2)18-7-5-6-15-8-13-12(4)16-14-17(13)9-11(3)19-14/h9-10,15H,5-8H2,1-4H3. The minimum absolute atomic E-state index is 0.325. The highest BCUT2D eigenvalue weighted by Crippen LogP contribution is 2.20. The van der Waals surface area contributed by atoms with Crippen LogP contribution in [-0.2, 0) is 11.3 Å². The van der Waals surface area contributed by atoms with Crippen LogP contribution < -0.4 is 5.32 Å². The van der Waals surface area contributed by atoms with E-state index >= 15 is 0 Å². The van der Waals surface area contributed by atoms with Gasteiger partial charge >= 0.3 is 0 Å². The van der Waals surface area contributed by atoms with Crippen LogP contribution >= 0.6 is 11.3 Å². The number of nitrogens with zero attached hydrogens (tertiary/aromatic N) is 2. The van der Waals surface area contributed by atoms with Crippen molar-refractivity contribution in [1.82, 2.24) is 14.7 Å². The Hall–Kier alpha value is -0.910. The van der Waals surface area contributed by atoms with E-state index in [1.807, 2.05) is 0 Å². The number of imidazole rings is 1. The lowest BCUT2D eigenvalue weighted by molar-refractivity contribution is 0.0770. The summed E-state index contributed by atoms with van der Waals surface area (Å²) < 4.78 is 7.72. The fourth-order valence-corrected chi connectivity index (χ4v) is 2.93. The van der Waals surface area contributed by atoms with Crippen LogP contribution in [0.2, 0.25) is 0 Å². The quantitative estimate of drug-likeness (QED) is 0.793. The van der Waals surface area contributed by atoms with Crippen molar-refractivity contribution < 1.29 is 4.74 Å². The molecule has 0 fully saturated rings. The average molecular weight is 281 g/mol. The van der Waals surface area contributed by atoms with Gasteiger partial charge in [-0.05, 0) is 40.7 Å². The van der Waals surface area contributed by atoms with Gasteiger partial charge in [-0.15, -0.1) is 11.3 Å². The normalized spacial score (nSPS) is 11.8. The second-order valence-electron chi connectivity index (χ2n) is 5.09. The van der Waals surface area contributed by atoms with Crippen molar-refractivity contribution >= 4 is 16.3 Å². The van der Waals surface area contributed by atoms with E-state index in [2.05, 4.69) is 48.6 Å². The molecular weight excluding hydrogens is 258 g/mol. The van der Waals surface area contributed by atoms with Gasteiger partial charge in [-0.3, -0.25) is 4.40 Å². The van der Waals surface area contributed by atoms with Crippen LogP contribution in [0.5, 0.6) is 0 Å². The Bertz CT molecular complexity index is 530. The lowest BCUT2D eigenvalue weighted by Gasteiger charge is -2.08. The Balaban J connectivity index is 1.82. The Morgan fingerprint density at radius 1 is 1.42 bits per heavy atom. The molecule has 2 heterocycles. The first-order chi connectivity index (χ1) is 9.08. The van der Waals surface area contributed by atoms with Crippen LogP contribution in [0.3, 0.4) is 0 Å². The van der Waals surface area contributed by atoms with E-state index in [9.17, 15) is 0 Å². The Kier molecular flexibility index (Phi) is 4.96. The molecule has 0 amide bonds. The van der Waals surface area contributed by atoms with Gasteiger partial charge in [0.15, 0.2) is 4.96 Å². The van der Waals surface area contributed by atoms with Crippen LogP contribution in [0.15, 0.2) is 6.20 Å². The molecule has 0 bridgehead atoms. The van der Waals surface area contributed by atoms with Crippen molar-refractivity contribution in [3.8, 4) is 0 Å². The van der Waals surface area contributed by atoms with Gasteiger partial charge in [0.1, 0.15) is 0 Å². The number of aromatic nitrogens is 2. The Morgan fingerprint density at radius 2 is 2.21 bits per heavy atom. The minimum atomic E-state index is 0.325. The number of thiazole rings is 1. The summed E-state index contributed by atoms with van der Waals surface area (Å²) in [4.78, 5) is 6.98. The Morgan fingerprint density at radius 3 is 2.95 bits per heavy atom. The largest absolute Gasteiger partial charge is 0.379 e. The number of nitrogens with one attached hydrogen (secondary N) is 1. The maximum Gasteiger partial charge on any atom is 0.194 e.